The molecule has 1 fully saturated rings. The molecule has 7 heteroatoms. The van der Waals surface area contributed by atoms with Crippen molar-refractivity contribution in [1.29, 1.82) is 0 Å². The Kier molecular flexibility index (Phi) is 4.03. The maximum Gasteiger partial charge on any atom is 0.329 e. The molecule has 1 atom stereocenters. The van der Waals surface area contributed by atoms with Crippen LogP contribution >= 0.6 is 15.9 Å². The summed E-state index contributed by atoms with van der Waals surface area (Å²) in [7, 11) is 0. The maximum absolute atomic E-state index is 13.9. The van der Waals surface area contributed by atoms with Crippen LogP contribution in [0.1, 0.15) is 19.8 Å². The van der Waals surface area contributed by atoms with Gasteiger partial charge < -0.3 is 4.90 Å². The Morgan fingerprint density at radius 3 is 2.79 bits per heavy atom. The average molecular weight is 335 g/mol. The smallest absolute Gasteiger partial charge is 0.329 e. The van der Waals surface area contributed by atoms with Crippen molar-refractivity contribution in [2.45, 2.75) is 19.8 Å². The molecule has 0 radical (unpaired) electrons. The fourth-order valence-corrected chi connectivity index (χ4v) is 2.70. The normalized spacial score (nSPS) is 19.6. The van der Waals surface area contributed by atoms with Gasteiger partial charge in [0.15, 0.2) is 0 Å². The Morgan fingerprint density at radius 1 is 1.53 bits per heavy atom. The molecule has 0 aromatic heterocycles. The first kappa shape index (κ1) is 14.2. The quantitative estimate of drug-likeness (QED) is 0.468. The molecular formula is C12H13BrF2N2O2. The molecule has 0 bridgehead atoms. The van der Waals surface area contributed by atoms with Crippen LogP contribution < -0.4 is 4.90 Å². The van der Waals surface area contributed by atoms with Gasteiger partial charge in [0.05, 0.1) is 9.40 Å². The lowest BCUT2D eigenvalue weighted by atomic mass is 9.99. The van der Waals surface area contributed by atoms with Gasteiger partial charge in [0.25, 0.3) is 0 Å². The second kappa shape index (κ2) is 5.40. The molecule has 0 aliphatic carbocycles. The van der Waals surface area contributed by atoms with E-state index in [2.05, 4.69) is 15.9 Å². The molecular weight excluding hydrogens is 322 g/mol. The summed E-state index contributed by atoms with van der Waals surface area (Å²) >= 11 is 2.70. The molecule has 0 amide bonds. The molecule has 0 spiro atoms. The van der Waals surface area contributed by atoms with Gasteiger partial charge in [-0.25, -0.2) is 4.39 Å². The van der Waals surface area contributed by atoms with Gasteiger partial charge in [0, 0.05) is 19.2 Å². The number of piperidine rings is 1. The summed E-state index contributed by atoms with van der Waals surface area (Å²) in [6, 6.07) is 1.03. The molecule has 1 aromatic carbocycles. The summed E-state index contributed by atoms with van der Waals surface area (Å²) < 4.78 is 27.0. The zero-order valence-electron chi connectivity index (χ0n) is 10.3. The Hall–Kier alpha value is -1.24. The van der Waals surface area contributed by atoms with Crippen molar-refractivity contribution in [2.24, 2.45) is 5.92 Å². The Morgan fingerprint density at radius 2 is 2.21 bits per heavy atom. The number of hydrogen-bond acceptors (Lipinski definition) is 3. The third-order valence-corrected chi connectivity index (χ3v) is 4.02. The third-order valence-electron chi connectivity index (χ3n) is 3.30. The van der Waals surface area contributed by atoms with E-state index in [0.29, 0.717) is 19.0 Å². The lowest BCUT2D eigenvalue weighted by Gasteiger charge is -2.32. The summed E-state index contributed by atoms with van der Waals surface area (Å²) in [6.07, 6.45) is 1.88. The SMILES string of the molecule is CC1CCCN(c2cc(F)c(Br)c(F)c2[N+](=O)[O-])C1. The first-order valence-corrected chi connectivity index (χ1v) is 6.78. The van der Waals surface area contributed by atoms with E-state index in [-0.39, 0.29) is 5.69 Å². The zero-order chi connectivity index (χ0) is 14.2. The monoisotopic (exact) mass is 334 g/mol. The first-order valence-electron chi connectivity index (χ1n) is 5.98. The van der Waals surface area contributed by atoms with Gasteiger partial charge in [-0.05, 0) is 34.7 Å². The van der Waals surface area contributed by atoms with Gasteiger partial charge in [-0.15, -0.1) is 0 Å². The van der Waals surface area contributed by atoms with E-state index < -0.39 is 26.7 Å². The first-order chi connectivity index (χ1) is 8.91. The fraction of sp³-hybridized carbons (Fsp3) is 0.500. The molecule has 1 aromatic rings. The molecule has 4 nitrogen and oxygen atoms in total. The second-order valence-corrected chi connectivity index (χ2v) is 5.60. The highest BCUT2D eigenvalue weighted by Crippen LogP contribution is 2.38. The predicted molar refractivity (Wildman–Crippen MR) is 71.3 cm³/mol. The topological polar surface area (TPSA) is 46.4 Å². The molecule has 2 rings (SSSR count). The van der Waals surface area contributed by atoms with E-state index in [1.807, 2.05) is 6.92 Å². The van der Waals surface area contributed by atoms with Crippen molar-refractivity contribution in [3.63, 3.8) is 0 Å². The summed E-state index contributed by atoms with van der Waals surface area (Å²) in [5, 5.41) is 11.0. The molecule has 1 heterocycles. The summed E-state index contributed by atoms with van der Waals surface area (Å²) in [6.45, 7) is 3.16. The zero-order valence-corrected chi connectivity index (χ0v) is 11.9. The minimum Gasteiger partial charge on any atom is -0.366 e. The van der Waals surface area contributed by atoms with Crippen molar-refractivity contribution in [3.8, 4) is 0 Å². The molecule has 1 aliphatic heterocycles. The van der Waals surface area contributed by atoms with E-state index >= 15 is 0 Å². The van der Waals surface area contributed by atoms with Crippen LogP contribution in [0.5, 0.6) is 0 Å². The molecule has 1 unspecified atom stereocenters. The van der Waals surface area contributed by atoms with Crippen molar-refractivity contribution in [2.75, 3.05) is 18.0 Å². The second-order valence-electron chi connectivity index (χ2n) is 4.80. The molecule has 104 valence electrons. The summed E-state index contributed by atoms with van der Waals surface area (Å²) in [4.78, 5) is 11.9. The minimum atomic E-state index is -1.15. The lowest BCUT2D eigenvalue weighted by Crippen LogP contribution is -2.34. The highest BCUT2D eigenvalue weighted by molar-refractivity contribution is 9.10. The van der Waals surface area contributed by atoms with E-state index in [1.54, 1.807) is 4.90 Å². The number of anilines is 1. The van der Waals surface area contributed by atoms with Gasteiger partial charge in [0.1, 0.15) is 11.5 Å². The number of hydrogen-bond donors (Lipinski definition) is 0. The Bertz CT molecular complexity index is 525. The molecule has 1 saturated heterocycles. The van der Waals surface area contributed by atoms with Crippen LogP contribution in [0.3, 0.4) is 0 Å². The lowest BCUT2D eigenvalue weighted by molar-refractivity contribution is -0.386. The number of halogens is 3. The number of benzene rings is 1. The molecule has 0 saturated carbocycles. The fourth-order valence-electron chi connectivity index (χ4n) is 2.40. The van der Waals surface area contributed by atoms with Crippen molar-refractivity contribution in [3.05, 3.63) is 32.3 Å². The van der Waals surface area contributed by atoms with Crippen LogP contribution in [0.25, 0.3) is 0 Å². The highest BCUT2D eigenvalue weighted by Gasteiger charge is 2.30. The maximum atomic E-state index is 13.9. The van der Waals surface area contributed by atoms with Crippen molar-refractivity contribution >= 4 is 27.3 Å². The van der Waals surface area contributed by atoms with Crippen LogP contribution in [-0.2, 0) is 0 Å². The Balaban J connectivity index is 2.52. The Labute approximate surface area is 117 Å². The number of nitro benzene ring substituents is 1. The molecule has 19 heavy (non-hydrogen) atoms. The van der Waals surface area contributed by atoms with E-state index in [1.165, 1.54) is 0 Å². The van der Waals surface area contributed by atoms with Crippen LogP contribution in [0.2, 0.25) is 0 Å². The van der Waals surface area contributed by atoms with Crippen molar-refractivity contribution < 1.29 is 13.7 Å². The van der Waals surface area contributed by atoms with Crippen LogP contribution in [0.4, 0.5) is 20.2 Å². The van der Waals surface area contributed by atoms with Gasteiger partial charge in [-0.3, -0.25) is 10.1 Å². The summed E-state index contributed by atoms with van der Waals surface area (Å²) in [5.41, 5.74) is -0.642. The third kappa shape index (κ3) is 2.70. The van der Waals surface area contributed by atoms with Crippen LogP contribution in [0.15, 0.2) is 10.5 Å². The number of rotatable bonds is 2. The minimum absolute atomic E-state index is 0.0229. The molecule has 1 aliphatic rings. The average Bonchev–Trinajstić information content (AvgIpc) is 2.35. The van der Waals surface area contributed by atoms with Gasteiger partial charge in [0.2, 0.25) is 5.82 Å². The van der Waals surface area contributed by atoms with Gasteiger partial charge >= 0.3 is 5.69 Å². The van der Waals surface area contributed by atoms with Gasteiger partial charge in [-0.2, -0.15) is 4.39 Å². The standard InChI is InChI=1S/C12H13BrF2N2O2/c1-7-3-2-4-16(6-7)9-5-8(14)10(13)11(15)12(9)17(18)19/h5,7H,2-4,6H2,1H3. The molecule has 0 N–H and O–H groups in total. The summed E-state index contributed by atoms with van der Waals surface area (Å²) in [5.74, 6) is -1.63. The van der Waals surface area contributed by atoms with Gasteiger partial charge in [-0.1, -0.05) is 6.92 Å². The highest BCUT2D eigenvalue weighted by atomic mass is 79.9. The van der Waals surface area contributed by atoms with E-state index in [0.717, 1.165) is 18.9 Å². The van der Waals surface area contributed by atoms with Crippen LogP contribution in [-0.4, -0.2) is 18.0 Å². The predicted octanol–water partition coefficient (Wildman–Crippen LogP) is 3.87. The van der Waals surface area contributed by atoms with Crippen LogP contribution in [0, 0.1) is 27.7 Å². The number of nitrogens with zero attached hydrogens (tertiary/aromatic N) is 2. The largest absolute Gasteiger partial charge is 0.366 e. The number of nitro groups is 1. The van der Waals surface area contributed by atoms with E-state index in [9.17, 15) is 18.9 Å². The van der Waals surface area contributed by atoms with E-state index in [4.69, 9.17) is 0 Å². The van der Waals surface area contributed by atoms with Crippen molar-refractivity contribution in [1.82, 2.24) is 0 Å².